The Morgan fingerprint density at radius 1 is 1.00 bits per heavy atom. The van der Waals surface area contributed by atoms with Crippen LogP contribution in [0.25, 0.3) is 0 Å². The van der Waals surface area contributed by atoms with Crippen molar-refractivity contribution in [1.82, 2.24) is 5.32 Å². The van der Waals surface area contributed by atoms with E-state index >= 15 is 0 Å². The van der Waals surface area contributed by atoms with E-state index in [0.29, 0.717) is 0 Å². The fraction of sp³-hybridized carbons (Fsp3) is 0.294. The molecule has 20 heavy (non-hydrogen) atoms. The van der Waals surface area contributed by atoms with Crippen LogP contribution < -0.4 is 5.32 Å². The molecule has 2 aromatic rings. The molecule has 0 unspecified atom stereocenters. The molecular formula is C17H20ClNS. The molecule has 0 radical (unpaired) electrons. The highest BCUT2D eigenvalue weighted by atomic mass is 35.5. The summed E-state index contributed by atoms with van der Waals surface area (Å²) in [7, 11) is 0. The molecule has 0 atom stereocenters. The lowest BCUT2D eigenvalue weighted by atomic mass is 10.2. The van der Waals surface area contributed by atoms with Gasteiger partial charge in [0.25, 0.3) is 0 Å². The zero-order chi connectivity index (χ0) is 14.2. The van der Waals surface area contributed by atoms with E-state index in [1.807, 2.05) is 30.0 Å². The van der Waals surface area contributed by atoms with Crippen LogP contribution in [0.3, 0.4) is 0 Å². The van der Waals surface area contributed by atoms with Crippen molar-refractivity contribution in [3.8, 4) is 0 Å². The van der Waals surface area contributed by atoms with E-state index in [2.05, 4.69) is 42.6 Å². The molecule has 2 rings (SSSR count). The largest absolute Gasteiger partial charge is 0.313 e. The summed E-state index contributed by atoms with van der Waals surface area (Å²) < 4.78 is 0. The van der Waals surface area contributed by atoms with E-state index in [9.17, 15) is 0 Å². The number of nitrogens with one attached hydrogen (secondary N) is 1. The zero-order valence-electron chi connectivity index (χ0n) is 11.7. The number of benzene rings is 2. The number of hydrogen-bond acceptors (Lipinski definition) is 2. The maximum atomic E-state index is 6.21. The lowest BCUT2D eigenvalue weighted by Gasteiger charge is -2.10. The second-order valence-corrected chi connectivity index (χ2v) is 6.09. The first-order chi connectivity index (χ1) is 9.81. The molecule has 0 bridgehead atoms. The van der Waals surface area contributed by atoms with Gasteiger partial charge in [0.1, 0.15) is 0 Å². The van der Waals surface area contributed by atoms with Gasteiger partial charge in [-0.3, -0.25) is 0 Å². The van der Waals surface area contributed by atoms with Crippen LogP contribution in [-0.2, 0) is 12.3 Å². The third kappa shape index (κ3) is 4.55. The Morgan fingerprint density at radius 3 is 2.45 bits per heavy atom. The zero-order valence-corrected chi connectivity index (χ0v) is 13.3. The molecule has 106 valence electrons. The number of hydrogen-bond donors (Lipinski definition) is 1. The quantitative estimate of drug-likeness (QED) is 0.562. The van der Waals surface area contributed by atoms with Gasteiger partial charge in [-0.2, -0.15) is 0 Å². The maximum absolute atomic E-state index is 6.21. The van der Waals surface area contributed by atoms with Crippen LogP contribution in [0.15, 0.2) is 53.4 Å². The Labute approximate surface area is 130 Å². The number of halogens is 1. The second kappa shape index (κ2) is 8.35. The topological polar surface area (TPSA) is 12.0 Å². The molecule has 3 heteroatoms. The molecule has 0 saturated carbocycles. The molecule has 0 saturated heterocycles. The fourth-order valence-corrected chi connectivity index (χ4v) is 3.31. The van der Waals surface area contributed by atoms with E-state index in [1.165, 1.54) is 16.0 Å². The molecule has 0 aliphatic heterocycles. The predicted octanol–water partition coefficient (Wildman–Crippen LogP) is 5.13. The van der Waals surface area contributed by atoms with Crippen LogP contribution in [0.5, 0.6) is 0 Å². The summed E-state index contributed by atoms with van der Waals surface area (Å²) in [6, 6.07) is 16.6. The van der Waals surface area contributed by atoms with Crippen molar-refractivity contribution < 1.29 is 0 Å². The molecule has 0 spiro atoms. The third-order valence-electron chi connectivity index (χ3n) is 3.06. The van der Waals surface area contributed by atoms with E-state index in [1.54, 1.807) is 0 Å². The van der Waals surface area contributed by atoms with Crippen LogP contribution in [0.1, 0.15) is 24.5 Å². The third-order valence-corrected chi connectivity index (χ3v) is 4.59. The van der Waals surface area contributed by atoms with Crippen molar-refractivity contribution >= 4 is 23.4 Å². The molecular weight excluding hydrogens is 286 g/mol. The monoisotopic (exact) mass is 305 g/mol. The minimum absolute atomic E-state index is 0.849. The summed E-state index contributed by atoms with van der Waals surface area (Å²) in [5.74, 6) is 0.907. The summed E-state index contributed by atoms with van der Waals surface area (Å²) in [6.45, 7) is 4.17. The molecule has 0 amide bonds. The number of rotatable bonds is 7. The molecule has 1 N–H and O–H groups in total. The fourth-order valence-electron chi connectivity index (χ4n) is 1.96. The Hall–Kier alpha value is -0.960. The minimum atomic E-state index is 0.849. The molecule has 0 aromatic heterocycles. The highest BCUT2D eigenvalue weighted by Gasteiger charge is 2.04. The van der Waals surface area contributed by atoms with Gasteiger partial charge in [-0.05, 0) is 36.2 Å². The van der Waals surface area contributed by atoms with Crippen LogP contribution in [0.4, 0.5) is 0 Å². The van der Waals surface area contributed by atoms with E-state index in [4.69, 9.17) is 11.6 Å². The lowest BCUT2D eigenvalue weighted by Crippen LogP contribution is -2.14. The second-order valence-electron chi connectivity index (χ2n) is 4.66. The minimum Gasteiger partial charge on any atom is -0.313 e. The van der Waals surface area contributed by atoms with Gasteiger partial charge < -0.3 is 5.32 Å². The van der Waals surface area contributed by atoms with Crippen LogP contribution in [0, 0.1) is 0 Å². The van der Waals surface area contributed by atoms with Gasteiger partial charge in [0, 0.05) is 22.2 Å². The lowest BCUT2D eigenvalue weighted by molar-refractivity contribution is 0.669. The number of thioether (sulfide) groups is 1. The Morgan fingerprint density at radius 2 is 1.70 bits per heavy atom. The van der Waals surface area contributed by atoms with Crippen molar-refractivity contribution in [1.29, 1.82) is 0 Å². The summed E-state index contributed by atoms with van der Waals surface area (Å²) in [4.78, 5) is 1.33. The van der Waals surface area contributed by atoms with Gasteiger partial charge in [-0.15, -0.1) is 11.8 Å². The summed E-state index contributed by atoms with van der Waals surface area (Å²) in [5, 5.41) is 4.31. The van der Waals surface area contributed by atoms with Gasteiger partial charge >= 0.3 is 0 Å². The molecule has 1 nitrogen and oxygen atoms in total. The maximum Gasteiger partial charge on any atom is 0.0446 e. The average molecular weight is 306 g/mol. The van der Waals surface area contributed by atoms with E-state index < -0.39 is 0 Å². The van der Waals surface area contributed by atoms with Gasteiger partial charge in [-0.25, -0.2) is 0 Å². The Balaban J connectivity index is 2.00. The Kier molecular flexibility index (Phi) is 6.44. The molecule has 0 aliphatic rings. The predicted molar refractivity (Wildman–Crippen MR) is 89.5 cm³/mol. The van der Waals surface area contributed by atoms with Crippen molar-refractivity contribution in [2.75, 3.05) is 6.54 Å². The van der Waals surface area contributed by atoms with Gasteiger partial charge in [-0.1, -0.05) is 54.9 Å². The van der Waals surface area contributed by atoms with Crippen molar-refractivity contribution in [2.45, 2.75) is 30.5 Å². The van der Waals surface area contributed by atoms with Gasteiger partial charge in [0.2, 0.25) is 0 Å². The van der Waals surface area contributed by atoms with Gasteiger partial charge in [0.15, 0.2) is 0 Å². The van der Waals surface area contributed by atoms with E-state index in [0.717, 1.165) is 30.3 Å². The molecule has 0 aliphatic carbocycles. The van der Waals surface area contributed by atoms with Gasteiger partial charge in [0.05, 0.1) is 0 Å². The first-order valence-electron chi connectivity index (χ1n) is 6.96. The molecule has 2 aromatic carbocycles. The smallest absolute Gasteiger partial charge is 0.0446 e. The first-order valence-corrected chi connectivity index (χ1v) is 8.32. The first kappa shape index (κ1) is 15.4. The normalized spacial score (nSPS) is 10.7. The molecule has 0 fully saturated rings. The summed E-state index contributed by atoms with van der Waals surface area (Å²) >= 11 is 8.05. The van der Waals surface area contributed by atoms with Crippen molar-refractivity contribution in [2.24, 2.45) is 0 Å². The van der Waals surface area contributed by atoms with Crippen LogP contribution in [-0.4, -0.2) is 6.54 Å². The summed E-state index contributed by atoms with van der Waals surface area (Å²) in [6.07, 6.45) is 1.16. The average Bonchev–Trinajstić information content (AvgIpc) is 2.48. The summed E-state index contributed by atoms with van der Waals surface area (Å²) in [5.41, 5.74) is 2.55. The molecule has 0 heterocycles. The van der Waals surface area contributed by atoms with E-state index in [-0.39, 0.29) is 0 Å². The highest BCUT2D eigenvalue weighted by Crippen LogP contribution is 2.28. The van der Waals surface area contributed by atoms with Crippen molar-refractivity contribution in [3.63, 3.8) is 0 Å². The van der Waals surface area contributed by atoms with Crippen LogP contribution >= 0.6 is 23.4 Å². The SMILES string of the molecule is CCCNCc1ccccc1SCc1ccccc1Cl. The van der Waals surface area contributed by atoms with Crippen LogP contribution in [0.2, 0.25) is 5.02 Å². The highest BCUT2D eigenvalue weighted by molar-refractivity contribution is 7.98. The standard InChI is InChI=1S/C17H20ClNS/c1-2-11-19-12-14-7-4-6-10-17(14)20-13-15-8-3-5-9-16(15)18/h3-10,19H,2,11-13H2,1H3. The van der Waals surface area contributed by atoms with Crippen molar-refractivity contribution in [3.05, 3.63) is 64.7 Å². The Bertz CT molecular complexity index is 542.